The lowest BCUT2D eigenvalue weighted by molar-refractivity contribution is 0.683. The van der Waals surface area contributed by atoms with E-state index in [0.717, 1.165) is 0 Å². The highest BCUT2D eigenvalue weighted by Gasteiger charge is 1.97. The Balaban J connectivity index is 4.42. The second-order valence-electron chi connectivity index (χ2n) is 1.90. The number of hydrogen-bond donors (Lipinski definition) is 1. The molecule has 0 rings (SSSR count). The van der Waals surface area contributed by atoms with E-state index in [4.69, 9.17) is 4.78 Å². The maximum absolute atomic E-state index is 10.9. The van der Waals surface area contributed by atoms with Crippen molar-refractivity contribution in [2.75, 3.05) is 6.26 Å². The second-order valence-corrected chi connectivity index (χ2v) is 4.12. The van der Waals surface area contributed by atoms with E-state index in [0.29, 0.717) is 4.91 Å². The summed E-state index contributed by atoms with van der Waals surface area (Å²) in [4.78, 5) is 0.326. The SMILES string of the molecule is C=C/C=C\C(=C)S(C)(=N)=O. The molecule has 0 heterocycles. The Hall–Kier alpha value is -0.830. The van der Waals surface area contributed by atoms with Crippen molar-refractivity contribution >= 4 is 9.73 Å². The summed E-state index contributed by atoms with van der Waals surface area (Å²) in [5, 5.41) is 0. The standard InChI is InChI=1S/C7H11NOS/c1-4-5-6-7(2)10(3,8)9/h4-6,8H,1-2H2,3H3/b6-5-. The van der Waals surface area contributed by atoms with Crippen molar-refractivity contribution in [2.45, 2.75) is 0 Å². The van der Waals surface area contributed by atoms with Crippen LogP contribution in [0.5, 0.6) is 0 Å². The van der Waals surface area contributed by atoms with Gasteiger partial charge in [-0.25, -0.2) is 8.99 Å². The predicted molar refractivity (Wildman–Crippen MR) is 45.3 cm³/mol. The molecule has 0 amide bonds. The molecule has 0 aliphatic rings. The van der Waals surface area contributed by atoms with Gasteiger partial charge in [0.15, 0.2) is 0 Å². The van der Waals surface area contributed by atoms with Gasteiger partial charge in [-0.15, -0.1) is 0 Å². The molecule has 0 aliphatic heterocycles. The lowest BCUT2D eigenvalue weighted by atomic mass is 10.5. The fourth-order valence-electron chi connectivity index (χ4n) is 0.305. The van der Waals surface area contributed by atoms with Crippen LogP contribution >= 0.6 is 0 Å². The first-order chi connectivity index (χ1) is 4.48. The minimum absolute atomic E-state index is 0.326. The Morgan fingerprint density at radius 1 is 1.70 bits per heavy atom. The molecule has 0 radical (unpaired) electrons. The number of rotatable bonds is 3. The van der Waals surface area contributed by atoms with Gasteiger partial charge in [0.2, 0.25) is 0 Å². The first kappa shape index (κ1) is 9.17. The monoisotopic (exact) mass is 157 g/mol. The van der Waals surface area contributed by atoms with Crippen molar-refractivity contribution < 1.29 is 4.21 Å². The molecule has 1 unspecified atom stereocenters. The van der Waals surface area contributed by atoms with Gasteiger partial charge in [0.1, 0.15) is 0 Å². The van der Waals surface area contributed by atoms with Crippen molar-refractivity contribution in [2.24, 2.45) is 0 Å². The lowest BCUT2D eigenvalue weighted by Gasteiger charge is -1.95. The van der Waals surface area contributed by atoms with E-state index >= 15 is 0 Å². The van der Waals surface area contributed by atoms with E-state index in [1.165, 1.54) is 12.3 Å². The third kappa shape index (κ3) is 3.25. The van der Waals surface area contributed by atoms with Crippen LogP contribution in [0.1, 0.15) is 0 Å². The molecule has 0 spiro atoms. The molecule has 56 valence electrons. The first-order valence-electron chi connectivity index (χ1n) is 2.70. The summed E-state index contributed by atoms with van der Waals surface area (Å²) in [6.07, 6.45) is 6.03. The molecule has 0 saturated heterocycles. The molecule has 0 aromatic heterocycles. The van der Waals surface area contributed by atoms with Gasteiger partial charge < -0.3 is 0 Å². The Morgan fingerprint density at radius 2 is 2.20 bits per heavy atom. The van der Waals surface area contributed by atoms with Crippen LogP contribution in [-0.2, 0) is 9.73 Å². The van der Waals surface area contributed by atoms with Gasteiger partial charge in [0.25, 0.3) is 0 Å². The zero-order valence-corrected chi connectivity index (χ0v) is 6.78. The van der Waals surface area contributed by atoms with Crippen molar-refractivity contribution in [3.63, 3.8) is 0 Å². The zero-order valence-electron chi connectivity index (χ0n) is 5.96. The summed E-state index contributed by atoms with van der Waals surface area (Å²) < 4.78 is 17.9. The highest BCUT2D eigenvalue weighted by atomic mass is 32.2. The Labute approximate surface area is 61.9 Å². The Morgan fingerprint density at radius 3 is 2.50 bits per heavy atom. The van der Waals surface area contributed by atoms with Crippen LogP contribution in [0.3, 0.4) is 0 Å². The average Bonchev–Trinajstić information content (AvgIpc) is 1.80. The van der Waals surface area contributed by atoms with Gasteiger partial charge in [0, 0.05) is 11.2 Å². The normalized spacial score (nSPS) is 16.5. The molecule has 1 N–H and O–H groups in total. The largest absolute Gasteiger partial charge is 0.249 e. The molecule has 0 aromatic rings. The summed E-state index contributed by atoms with van der Waals surface area (Å²) in [5.74, 6) is 0. The van der Waals surface area contributed by atoms with Gasteiger partial charge in [-0.1, -0.05) is 25.3 Å². The van der Waals surface area contributed by atoms with Gasteiger partial charge >= 0.3 is 0 Å². The molecule has 3 heteroatoms. The first-order valence-corrected chi connectivity index (χ1v) is 4.67. The number of hydrogen-bond acceptors (Lipinski definition) is 2. The third-order valence-electron chi connectivity index (χ3n) is 0.919. The van der Waals surface area contributed by atoms with Gasteiger partial charge in [-0.2, -0.15) is 0 Å². The molecule has 0 aliphatic carbocycles. The summed E-state index contributed by atoms with van der Waals surface area (Å²) in [5.41, 5.74) is 0. The average molecular weight is 157 g/mol. The Kier molecular flexibility index (Phi) is 3.09. The van der Waals surface area contributed by atoms with Gasteiger partial charge in [-0.05, 0) is 6.08 Å². The summed E-state index contributed by atoms with van der Waals surface area (Å²) in [7, 11) is -2.60. The van der Waals surface area contributed by atoms with E-state index in [9.17, 15) is 4.21 Å². The highest BCUT2D eigenvalue weighted by Crippen LogP contribution is 2.02. The maximum atomic E-state index is 10.9. The van der Waals surface area contributed by atoms with Crippen LogP contribution in [0.25, 0.3) is 0 Å². The van der Waals surface area contributed by atoms with E-state index in [2.05, 4.69) is 13.2 Å². The highest BCUT2D eigenvalue weighted by molar-refractivity contribution is 7.95. The van der Waals surface area contributed by atoms with Crippen molar-refractivity contribution in [3.05, 3.63) is 36.3 Å². The van der Waals surface area contributed by atoms with Crippen molar-refractivity contribution in [1.29, 1.82) is 4.78 Å². The number of nitrogens with one attached hydrogen (secondary N) is 1. The fraction of sp³-hybridized carbons (Fsp3) is 0.143. The van der Waals surface area contributed by atoms with E-state index in [1.54, 1.807) is 12.2 Å². The second kappa shape index (κ2) is 3.37. The van der Waals surface area contributed by atoms with Crippen molar-refractivity contribution in [3.8, 4) is 0 Å². The zero-order chi connectivity index (χ0) is 8.20. The van der Waals surface area contributed by atoms with Crippen LogP contribution in [-0.4, -0.2) is 10.5 Å². The molecule has 2 nitrogen and oxygen atoms in total. The van der Waals surface area contributed by atoms with Crippen LogP contribution < -0.4 is 0 Å². The van der Waals surface area contributed by atoms with E-state index in [-0.39, 0.29) is 0 Å². The minimum atomic E-state index is -2.60. The van der Waals surface area contributed by atoms with E-state index in [1.807, 2.05) is 0 Å². The molecular formula is C7H11NOS. The molecule has 0 bridgehead atoms. The van der Waals surface area contributed by atoms with Gasteiger partial charge in [-0.3, -0.25) is 0 Å². The summed E-state index contributed by atoms with van der Waals surface area (Å²) >= 11 is 0. The summed E-state index contributed by atoms with van der Waals surface area (Å²) in [6, 6.07) is 0. The quantitative estimate of drug-likeness (QED) is 0.625. The van der Waals surface area contributed by atoms with Crippen LogP contribution in [0.2, 0.25) is 0 Å². The third-order valence-corrected chi connectivity index (χ3v) is 2.06. The van der Waals surface area contributed by atoms with Crippen LogP contribution in [0.15, 0.2) is 36.3 Å². The topological polar surface area (TPSA) is 40.9 Å². The van der Waals surface area contributed by atoms with Gasteiger partial charge in [0.05, 0.1) is 9.73 Å². The van der Waals surface area contributed by atoms with Crippen molar-refractivity contribution in [1.82, 2.24) is 0 Å². The smallest absolute Gasteiger partial charge is 0.0690 e. The van der Waals surface area contributed by atoms with E-state index < -0.39 is 9.73 Å². The molecule has 0 aromatic carbocycles. The maximum Gasteiger partial charge on any atom is 0.0690 e. The fourth-order valence-corrected chi connectivity index (χ4v) is 0.643. The van der Waals surface area contributed by atoms with Crippen LogP contribution in [0.4, 0.5) is 0 Å². The lowest BCUT2D eigenvalue weighted by Crippen LogP contribution is -1.93. The molecule has 1 atom stereocenters. The molecule has 10 heavy (non-hydrogen) atoms. The number of allylic oxidation sites excluding steroid dienone is 3. The Bertz CT molecular complexity index is 259. The molecule has 0 saturated carbocycles. The van der Waals surface area contributed by atoms with Crippen LogP contribution in [0, 0.1) is 4.78 Å². The minimum Gasteiger partial charge on any atom is -0.249 e. The summed E-state index contributed by atoms with van der Waals surface area (Å²) in [6.45, 7) is 6.90. The molecule has 0 fully saturated rings. The predicted octanol–water partition coefficient (Wildman–Crippen LogP) is 1.92. The molecular weight excluding hydrogens is 146 g/mol.